The Labute approximate surface area is 98.8 Å². The van der Waals surface area contributed by atoms with Crippen molar-refractivity contribution in [2.45, 2.75) is 0 Å². The molecule has 50 valence electrons. The van der Waals surface area contributed by atoms with Crippen molar-refractivity contribution in [3.05, 3.63) is 4.91 Å². The second-order valence-corrected chi connectivity index (χ2v) is 1.12. The summed E-state index contributed by atoms with van der Waals surface area (Å²) in [5.74, 6) is -0.0903. The van der Waals surface area contributed by atoms with Gasteiger partial charge >= 0.3 is 62.4 Å². The van der Waals surface area contributed by atoms with Crippen molar-refractivity contribution in [3.8, 4) is 0 Å². The summed E-state index contributed by atoms with van der Waals surface area (Å²) in [5, 5.41) is 19.2. The summed E-state index contributed by atoms with van der Waals surface area (Å²) in [4.78, 5) is 9.75. The van der Waals surface area contributed by atoms with E-state index in [0.717, 1.165) is 0 Å². The number of aromatic amines is 1. The molecule has 0 aliphatic heterocycles. The molecule has 1 rings (SSSR count). The summed E-state index contributed by atoms with van der Waals surface area (Å²) in [6.07, 6.45) is 0. The van der Waals surface area contributed by atoms with Crippen LogP contribution in [0.2, 0.25) is 0 Å². The van der Waals surface area contributed by atoms with E-state index in [9.17, 15) is 4.91 Å². The van der Waals surface area contributed by atoms with Crippen LogP contribution in [0.3, 0.4) is 0 Å². The van der Waals surface area contributed by atoms with Gasteiger partial charge < -0.3 is 1.43 Å². The molecular formula is CH4KN6O2+. The zero-order chi connectivity index (χ0) is 6.69. The maximum Gasteiger partial charge on any atom is 1.00 e. The molecule has 10 heavy (non-hydrogen) atoms. The number of tetrazole rings is 1. The number of anilines is 1. The first kappa shape index (κ1) is 9.91. The Morgan fingerprint density at radius 2 is 2.50 bits per heavy atom. The number of hydrazine groups is 1. The van der Waals surface area contributed by atoms with Gasteiger partial charge in [-0.05, 0) is 10.6 Å². The van der Waals surface area contributed by atoms with E-state index in [1.165, 1.54) is 0 Å². The number of hydrogen-bond acceptors (Lipinski definition) is 4. The molecule has 0 unspecified atom stereocenters. The number of aromatic nitrogens is 4. The summed E-state index contributed by atoms with van der Waals surface area (Å²) in [7, 11) is 0. The van der Waals surface area contributed by atoms with Crippen LogP contribution in [0.5, 0.6) is 0 Å². The van der Waals surface area contributed by atoms with Crippen molar-refractivity contribution in [2.75, 3.05) is 5.43 Å². The van der Waals surface area contributed by atoms with E-state index < -0.39 is 5.03 Å². The van der Waals surface area contributed by atoms with Crippen LogP contribution in [0.4, 0.5) is 5.95 Å². The molecule has 0 bridgehead atoms. The molecule has 1 aromatic heterocycles. The molecule has 0 amide bonds. The zero-order valence-corrected chi connectivity index (χ0v) is 8.27. The first-order valence-corrected chi connectivity index (χ1v) is 1.95. The van der Waals surface area contributed by atoms with Gasteiger partial charge in [0.05, 0.1) is 0 Å². The molecule has 3 N–H and O–H groups in total. The Kier molecular flexibility index (Phi) is 4.64. The second kappa shape index (κ2) is 4.68. The van der Waals surface area contributed by atoms with Crippen LogP contribution < -0.4 is 56.8 Å². The van der Waals surface area contributed by atoms with Crippen molar-refractivity contribution in [1.82, 2.24) is 20.6 Å². The topological polar surface area (TPSA) is 107 Å². The molecule has 1 aromatic rings. The normalized spacial score (nSPS) is 8.00. The summed E-state index contributed by atoms with van der Waals surface area (Å²) in [6.45, 7) is 0. The van der Waals surface area contributed by atoms with E-state index in [1.54, 1.807) is 5.43 Å². The van der Waals surface area contributed by atoms with Crippen LogP contribution in [-0.4, -0.2) is 30.9 Å². The molecular weight excluding hydrogens is 167 g/mol. The van der Waals surface area contributed by atoms with E-state index in [4.69, 9.17) is 5.21 Å². The van der Waals surface area contributed by atoms with E-state index in [2.05, 4.69) is 20.6 Å². The van der Waals surface area contributed by atoms with E-state index >= 15 is 0 Å². The van der Waals surface area contributed by atoms with E-state index in [-0.39, 0.29) is 58.8 Å². The SMILES string of the molecule is O=[N+](O)Nc1nn[nH]n1.[H-].[K+]. The van der Waals surface area contributed by atoms with E-state index in [1.807, 2.05) is 0 Å². The molecule has 8 nitrogen and oxygen atoms in total. The van der Waals surface area contributed by atoms with Gasteiger partial charge in [-0.15, -0.1) is 5.10 Å². The van der Waals surface area contributed by atoms with Gasteiger partial charge in [-0.1, -0.05) is 5.10 Å². The first-order chi connectivity index (χ1) is 4.29. The average Bonchev–Trinajstić information content (AvgIpc) is 2.15. The Morgan fingerprint density at radius 3 is 2.90 bits per heavy atom. The van der Waals surface area contributed by atoms with Gasteiger partial charge in [-0.25, -0.2) is 5.21 Å². The minimum absolute atomic E-state index is 0. The predicted molar refractivity (Wildman–Crippen MR) is 24.3 cm³/mol. The molecule has 0 spiro atoms. The van der Waals surface area contributed by atoms with Gasteiger partial charge in [0.1, 0.15) is 4.91 Å². The van der Waals surface area contributed by atoms with Gasteiger partial charge in [0.2, 0.25) is 0 Å². The molecule has 9 heteroatoms. The van der Waals surface area contributed by atoms with Gasteiger partial charge in [-0.2, -0.15) is 5.21 Å². The van der Waals surface area contributed by atoms with Crippen molar-refractivity contribution >= 4 is 5.95 Å². The van der Waals surface area contributed by atoms with Crippen molar-refractivity contribution in [2.24, 2.45) is 0 Å². The molecule has 0 aliphatic rings. The average molecular weight is 171 g/mol. The summed E-state index contributed by atoms with van der Waals surface area (Å²) >= 11 is 0. The first-order valence-electron chi connectivity index (χ1n) is 1.95. The Morgan fingerprint density at radius 1 is 1.80 bits per heavy atom. The Bertz CT molecular complexity index is 200. The van der Waals surface area contributed by atoms with Crippen LogP contribution in [0.15, 0.2) is 0 Å². The van der Waals surface area contributed by atoms with Crippen molar-refractivity contribution in [1.29, 1.82) is 0 Å². The van der Waals surface area contributed by atoms with E-state index in [0.29, 0.717) is 0 Å². The molecule has 0 saturated heterocycles. The third kappa shape index (κ3) is 3.17. The predicted octanol–water partition coefficient (Wildman–Crippen LogP) is -4.19. The number of nitrogens with one attached hydrogen (secondary N) is 2. The van der Waals surface area contributed by atoms with Crippen LogP contribution >= 0.6 is 0 Å². The third-order valence-corrected chi connectivity index (χ3v) is 0.541. The Hall–Kier alpha value is -0.0936. The smallest absolute Gasteiger partial charge is 1.00 e. The largest absolute Gasteiger partial charge is 1.00 e. The molecule has 0 radical (unpaired) electrons. The van der Waals surface area contributed by atoms with Crippen molar-refractivity contribution < 1.29 is 63.1 Å². The third-order valence-electron chi connectivity index (χ3n) is 0.541. The zero-order valence-electron chi connectivity index (χ0n) is 6.14. The fourth-order valence-corrected chi connectivity index (χ4v) is 0.295. The number of H-pyrrole nitrogens is 1. The fraction of sp³-hybridized carbons (Fsp3) is 0. The molecule has 0 saturated carbocycles. The molecule has 1 heterocycles. The van der Waals surface area contributed by atoms with Crippen molar-refractivity contribution in [3.63, 3.8) is 0 Å². The van der Waals surface area contributed by atoms with Crippen LogP contribution in [-0.2, 0) is 0 Å². The number of nitrogens with zero attached hydrogens (tertiary/aromatic N) is 4. The van der Waals surface area contributed by atoms with Gasteiger partial charge in [0.25, 0.3) is 0 Å². The fourth-order valence-electron chi connectivity index (χ4n) is 0.295. The minimum atomic E-state index is -0.523. The monoisotopic (exact) mass is 171 g/mol. The summed E-state index contributed by atoms with van der Waals surface area (Å²) in [5.41, 5.74) is 1.80. The van der Waals surface area contributed by atoms with Crippen LogP contribution in [0.25, 0.3) is 0 Å². The standard InChI is InChI=1S/CH3N6O2.K.H/c8-7(9)4-1-2-5-6-3-1;;/h(H,8,9)(H2,2,3,4,5,6);;/q2*+1;-1. The Balaban J connectivity index is 0. The minimum Gasteiger partial charge on any atom is -1.00 e. The maximum atomic E-state index is 9.75. The number of hydrogen-bond donors (Lipinski definition) is 3. The second-order valence-electron chi connectivity index (χ2n) is 1.12. The molecule has 0 atom stereocenters. The maximum absolute atomic E-state index is 9.75. The van der Waals surface area contributed by atoms with Crippen LogP contribution in [0.1, 0.15) is 1.43 Å². The number of rotatable bonds is 2. The molecule has 0 aliphatic carbocycles. The molecule has 0 fully saturated rings. The summed E-state index contributed by atoms with van der Waals surface area (Å²) < 4.78 is 0. The van der Waals surface area contributed by atoms with Gasteiger partial charge in [0, 0.05) is 0 Å². The summed E-state index contributed by atoms with van der Waals surface area (Å²) in [6, 6.07) is 0. The quantitative estimate of drug-likeness (QED) is 0.308. The molecule has 0 aromatic carbocycles. The van der Waals surface area contributed by atoms with Gasteiger partial charge in [0.15, 0.2) is 0 Å². The van der Waals surface area contributed by atoms with Crippen LogP contribution in [0, 0.1) is 4.91 Å². The van der Waals surface area contributed by atoms with Gasteiger partial charge in [-0.3, -0.25) is 0 Å².